The molecule has 6 heteroatoms. The van der Waals surface area contributed by atoms with Gasteiger partial charge in [-0.25, -0.2) is 4.79 Å². The van der Waals surface area contributed by atoms with Gasteiger partial charge in [0.25, 0.3) is 5.97 Å². The van der Waals surface area contributed by atoms with Gasteiger partial charge < -0.3 is 18.6 Å². The molecule has 1 unspecified atom stereocenters. The Hall–Kier alpha value is -0.693. The Bertz CT molecular complexity index is 688. The molecule has 0 aliphatic heterocycles. The molecule has 0 amide bonds. The highest BCUT2D eigenvalue weighted by atomic mass is 28.2. The predicted octanol–water partition coefficient (Wildman–Crippen LogP) is 12.9. The SMILES string of the molecule is C=C(C)C(=O)OCCCC(CCCCCCCCCC)C(O[SiH3])(OCCCCCCCCCCCC)OCCCCCCCCCCCC. The first-order chi connectivity index (χ1) is 24.0. The molecule has 0 N–H and O–H groups in total. The van der Waals surface area contributed by atoms with Crippen molar-refractivity contribution in [2.24, 2.45) is 5.92 Å². The van der Waals surface area contributed by atoms with Crippen molar-refractivity contribution in [3.05, 3.63) is 12.2 Å². The van der Waals surface area contributed by atoms with E-state index in [0.717, 1.165) is 38.5 Å². The average Bonchev–Trinajstić information content (AvgIpc) is 3.10. The van der Waals surface area contributed by atoms with Crippen LogP contribution < -0.4 is 0 Å². The lowest BCUT2D eigenvalue weighted by Crippen LogP contribution is -2.47. The summed E-state index contributed by atoms with van der Waals surface area (Å²) in [6, 6.07) is 0. The zero-order valence-electron chi connectivity index (χ0n) is 33.9. The summed E-state index contributed by atoms with van der Waals surface area (Å²) in [5.74, 6) is -1.16. The number of carbonyl (C=O) groups excluding carboxylic acids is 1. The molecule has 49 heavy (non-hydrogen) atoms. The molecule has 0 aliphatic rings. The third-order valence-corrected chi connectivity index (χ3v) is 10.6. The van der Waals surface area contributed by atoms with E-state index in [9.17, 15) is 4.79 Å². The smallest absolute Gasteiger partial charge is 0.333 e. The quantitative estimate of drug-likeness (QED) is 0.0208. The van der Waals surface area contributed by atoms with Gasteiger partial charge in [0, 0.05) is 11.5 Å². The molecule has 5 nitrogen and oxygen atoms in total. The number of hydrogen-bond acceptors (Lipinski definition) is 5. The molecule has 1 atom stereocenters. The Labute approximate surface area is 309 Å². The first-order valence-corrected chi connectivity index (χ1v) is 22.4. The predicted molar refractivity (Wildman–Crippen MR) is 215 cm³/mol. The van der Waals surface area contributed by atoms with Crippen LogP contribution in [0, 0.1) is 5.92 Å². The average molecular weight is 711 g/mol. The van der Waals surface area contributed by atoms with Crippen LogP contribution in [0.1, 0.15) is 227 Å². The van der Waals surface area contributed by atoms with E-state index in [-0.39, 0.29) is 11.9 Å². The summed E-state index contributed by atoms with van der Waals surface area (Å²) in [5.41, 5.74) is 0.451. The molecule has 0 aliphatic carbocycles. The topological polar surface area (TPSA) is 54.0 Å². The highest BCUT2D eigenvalue weighted by Gasteiger charge is 2.40. The number of hydrogen-bond donors (Lipinski definition) is 0. The minimum atomic E-state index is -0.982. The van der Waals surface area contributed by atoms with Crippen molar-refractivity contribution in [2.45, 2.75) is 233 Å². The summed E-state index contributed by atoms with van der Waals surface area (Å²) < 4.78 is 25.3. The second-order valence-electron chi connectivity index (χ2n) is 14.9. The zero-order valence-corrected chi connectivity index (χ0v) is 35.9. The molecule has 0 bridgehead atoms. The standard InChI is InChI=1S/C43H86O5Si/c1-6-9-12-15-18-21-23-26-29-32-38-46-43(48-49,47-39-33-30-27-24-22-19-16-13-10-7-2)41(36-34-37-45-42(44)40(4)5)35-31-28-25-20-17-14-11-8-3/h41H,4,6-39H2,1-3,5,49H3. The van der Waals surface area contributed by atoms with Crippen molar-refractivity contribution >= 4 is 16.5 Å². The van der Waals surface area contributed by atoms with Gasteiger partial charge in [-0.3, -0.25) is 0 Å². The minimum Gasteiger partial charge on any atom is -0.462 e. The van der Waals surface area contributed by atoms with E-state index in [1.807, 2.05) is 0 Å². The third kappa shape index (κ3) is 29.6. The normalized spacial score (nSPS) is 12.5. The van der Waals surface area contributed by atoms with Crippen molar-refractivity contribution in [3.63, 3.8) is 0 Å². The van der Waals surface area contributed by atoms with Gasteiger partial charge in [0.15, 0.2) is 10.5 Å². The Kier molecular flexibility index (Phi) is 36.6. The molecule has 0 heterocycles. The van der Waals surface area contributed by atoms with Crippen LogP contribution in [0.15, 0.2) is 12.2 Å². The van der Waals surface area contributed by atoms with E-state index in [4.69, 9.17) is 18.6 Å². The number of ether oxygens (including phenoxy) is 3. The molecule has 0 aromatic rings. The summed E-state index contributed by atoms with van der Waals surface area (Å²) in [5, 5.41) is 0. The fraction of sp³-hybridized carbons (Fsp3) is 0.930. The van der Waals surface area contributed by atoms with Gasteiger partial charge in [-0.05, 0) is 39.0 Å². The molecule has 0 radical (unpaired) electrons. The van der Waals surface area contributed by atoms with E-state index in [2.05, 4.69) is 27.4 Å². The van der Waals surface area contributed by atoms with E-state index in [0.29, 0.717) is 35.9 Å². The van der Waals surface area contributed by atoms with Crippen LogP contribution in [0.25, 0.3) is 0 Å². The summed E-state index contributed by atoms with van der Waals surface area (Å²) in [6.07, 6.45) is 39.1. The molecule has 0 aromatic carbocycles. The first kappa shape index (κ1) is 48.3. The Balaban J connectivity index is 5.16. The van der Waals surface area contributed by atoms with Gasteiger partial charge in [0.2, 0.25) is 0 Å². The Morgan fingerprint density at radius 2 is 0.837 bits per heavy atom. The molecule has 292 valence electrons. The van der Waals surface area contributed by atoms with Gasteiger partial charge >= 0.3 is 5.97 Å². The lowest BCUT2D eigenvalue weighted by Gasteiger charge is -2.39. The van der Waals surface area contributed by atoms with E-state index in [1.165, 1.54) is 161 Å². The van der Waals surface area contributed by atoms with Crippen LogP contribution in [-0.2, 0) is 23.4 Å². The Morgan fingerprint density at radius 3 is 1.18 bits per heavy atom. The number of unbranched alkanes of at least 4 members (excludes halogenated alkanes) is 25. The lowest BCUT2D eigenvalue weighted by molar-refractivity contribution is -0.372. The van der Waals surface area contributed by atoms with Crippen molar-refractivity contribution in [2.75, 3.05) is 19.8 Å². The number of rotatable bonds is 40. The molecule has 0 spiro atoms. The highest BCUT2D eigenvalue weighted by Crippen LogP contribution is 2.34. The van der Waals surface area contributed by atoms with Crippen LogP contribution >= 0.6 is 0 Å². The van der Waals surface area contributed by atoms with Crippen molar-refractivity contribution in [1.82, 2.24) is 0 Å². The fourth-order valence-corrected chi connectivity index (χ4v) is 7.38. The molecule has 0 fully saturated rings. The maximum atomic E-state index is 12.0. The molecule has 0 aromatic heterocycles. The van der Waals surface area contributed by atoms with Gasteiger partial charge in [-0.2, -0.15) is 0 Å². The fourth-order valence-electron chi connectivity index (χ4n) is 6.81. The zero-order chi connectivity index (χ0) is 36.1. The first-order valence-electron chi connectivity index (χ1n) is 21.6. The highest BCUT2D eigenvalue weighted by molar-refractivity contribution is 5.98. The van der Waals surface area contributed by atoms with Crippen LogP contribution in [0.5, 0.6) is 0 Å². The van der Waals surface area contributed by atoms with Crippen LogP contribution in [0.3, 0.4) is 0 Å². The van der Waals surface area contributed by atoms with E-state index in [1.54, 1.807) is 6.92 Å². The van der Waals surface area contributed by atoms with Crippen LogP contribution in [-0.4, -0.2) is 42.2 Å². The lowest BCUT2D eigenvalue weighted by atomic mass is 9.93. The summed E-state index contributed by atoms with van der Waals surface area (Å²) in [7, 11) is 0.554. The summed E-state index contributed by atoms with van der Waals surface area (Å²) in [6.45, 7) is 14.0. The molecular formula is C43H86O5Si. The van der Waals surface area contributed by atoms with Gasteiger partial charge in [0.1, 0.15) is 0 Å². The summed E-state index contributed by atoms with van der Waals surface area (Å²) >= 11 is 0. The van der Waals surface area contributed by atoms with Crippen molar-refractivity contribution < 1.29 is 23.4 Å². The molecule has 0 saturated heterocycles. The third-order valence-electron chi connectivity index (χ3n) is 10.1. The molecule has 0 rings (SSSR count). The number of carbonyl (C=O) groups is 1. The maximum Gasteiger partial charge on any atom is 0.333 e. The largest absolute Gasteiger partial charge is 0.462 e. The Morgan fingerprint density at radius 1 is 0.510 bits per heavy atom. The summed E-state index contributed by atoms with van der Waals surface area (Å²) in [4.78, 5) is 12.0. The van der Waals surface area contributed by atoms with Crippen LogP contribution in [0.4, 0.5) is 0 Å². The van der Waals surface area contributed by atoms with E-state index < -0.39 is 5.97 Å². The van der Waals surface area contributed by atoms with E-state index >= 15 is 0 Å². The second-order valence-corrected chi connectivity index (χ2v) is 15.3. The van der Waals surface area contributed by atoms with Crippen LogP contribution in [0.2, 0.25) is 0 Å². The van der Waals surface area contributed by atoms with Gasteiger partial charge in [-0.1, -0.05) is 194 Å². The minimum absolute atomic E-state index is 0.125. The molecule has 0 saturated carbocycles. The monoisotopic (exact) mass is 711 g/mol. The molecular weight excluding hydrogens is 625 g/mol. The van der Waals surface area contributed by atoms with Gasteiger partial charge in [0.05, 0.1) is 19.8 Å². The maximum absolute atomic E-state index is 12.0. The number of esters is 1. The second kappa shape index (κ2) is 37.1. The van der Waals surface area contributed by atoms with Crippen molar-refractivity contribution in [3.8, 4) is 0 Å². The van der Waals surface area contributed by atoms with Gasteiger partial charge in [-0.15, -0.1) is 0 Å². The van der Waals surface area contributed by atoms with Crippen molar-refractivity contribution in [1.29, 1.82) is 0 Å².